The van der Waals surface area contributed by atoms with Gasteiger partial charge in [0.05, 0.1) is 6.61 Å². The Labute approximate surface area is 120 Å². The van der Waals surface area contributed by atoms with Crippen LogP contribution < -0.4 is 0 Å². The summed E-state index contributed by atoms with van der Waals surface area (Å²) in [6, 6.07) is 3.70. The molecule has 0 amide bonds. The van der Waals surface area contributed by atoms with Gasteiger partial charge in [-0.25, -0.2) is 12.8 Å². The summed E-state index contributed by atoms with van der Waals surface area (Å²) in [5, 5.41) is 8.94. The van der Waals surface area contributed by atoms with E-state index < -0.39 is 15.8 Å². The number of hydrogen-bond donors (Lipinski definition) is 1. The third-order valence-corrected chi connectivity index (χ3v) is 5.34. The van der Waals surface area contributed by atoms with Crippen LogP contribution in [0.3, 0.4) is 0 Å². The standard InChI is InChI=1S/C14H22FNO3S/c1-4-11(3)9-16(5-2)20(18,19)14-7-6-12(10-17)8-13(14)15/h6-8,11,17H,4-5,9-10H2,1-3H3. The van der Waals surface area contributed by atoms with Crippen LogP contribution in [0.4, 0.5) is 4.39 Å². The Balaban J connectivity index is 3.14. The van der Waals surface area contributed by atoms with Crippen molar-refractivity contribution in [2.75, 3.05) is 13.1 Å². The van der Waals surface area contributed by atoms with E-state index in [1.807, 2.05) is 13.8 Å². The van der Waals surface area contributed by atoms with Crippen LogP contribution in [0, 0.1) is 11.7 Å². The molecule has 20 heavy (non-hydrogen) atoms. The molecule has 0 radical (unpaired) electrons. The van der Waals surface area contributed by atoms with Crippen LogP contribution in [0.2, 0.25) is 0 Å². The third kappa shape index (κ3) is 3.77. The van der Waals surface area contributed by atoms with Crippen LogP contribution in [-0.4, -0.2) is 30.9 Å². The number of aliphatic hydroxyl groups is 1. The molecule has 1 aromatic carbocycles. The minimum atomic E-state index is -3.84. The number of nitrogens with zero attached hydrogens (tertiary/aromatic N) is 1. The molecule has 0 aliphatic carbocycles. The summed E-state index contributed by atoms with van der Waals surface area (Å²) in [7, 11) is -3.84. The SMILES string of the molecule is CCC(C)CN(CC)S(=O)(=O)c1ccc(CO)cc1F. The Bertz CT molecular complexity index is 545. The van der Waals surface area contributed by atoms with Gasteiger partial charge in [-0.15, -0.1) is 0 Å². The first-order chi connectivity index (χ1) is 9.36. The molecule has 1 rings (SSSR count). The average molecular weight is 303 g/mol. The highest BCUT2D eigenvalue weighted by atomic mass is 32.2. The lowest BCUT2D eigenvalue weighted by Gasteiger charge is -2.23. The third-order valence-electron chi connectivity index (χ3n) is 3.36. The van der Waals surface area contributed by atoms with Crippen molar-refractivity contribution in [3.05, 3.63) is 29.6 Å². The van der Waals surface area contributed by atoms with E-state index in [9.17, 15) is 12.8 Å². The number of rotatable bonds is 7. The molecule has 0 fully saturated rings. The Morgan fingerprint density at radius 3 is 2.45 bits per heavy atom. The van der Waals surface area contributed by atoms with Crippen LogP contribution in [-0.2, 0) is 16.6 Å². The second kappa shape index (κ2) is 7.15. The van der Waals surface area contributed by atoms with Crippen LogP contribution in [0.1, 0.15) is 32.8 Å². The van der Waals surface area contributed by atoms with Crippen LogP contribution in [0.5, 0.6) is 0 Å². The molecule has 1 aromatic rings. The van der Waals surface area contributed by atoms with Gasteiger partial charge in [-0.1, -0.05) is 33.3 Å². The molecule has 0 saturated heterocycles. The van der Waals surface area contributed by atoms with Gasteiger partial charge in [0.1, 0.15) is 10.7 Å². The lowest BCUT2D eigenvalue weighted by molar-refractivity contribution is 0.281. The highest BCUT2D eigenvalue weighted by Crippen LogP contribution is 2.22. The maximum atomic E-state index is 13.9. The Morgan fingerprint density at radius 1 is 1.35 bits per heavy atom. The van der Waals surface area contributed by atoms with Gasteiger partial charge < -0.3 is 5.11 Å². The van der Waals surface area contributed by atoms with Gasteiger partial charge in [0.25, 0.3) is 0 Å². The zero-order chi connectivity index (χ0) is 15.3. The molecule has 0 heterocycles. The number of benzene rings is 1. The largest absolute Gasteiger partial charge is 0.392 e. The molecule has 0 aliphatic rings. The van der Waals surface area contributed by atoms with Crippen molar-refractivity contribution in [3.63, 3.8) is 0 Å². The maximum Gasteiger partial charge on any atom is 0.245 e. The second-order valence-electron chi connectivity index (χ2n) is 4.89. The minimum Gasteiger partial charge on any atom is -0.392 e. The minimum absolute atomic E-state index is 0.213. The number of hydrogen-bond acceptors (Lipinski definition) is 3. The molecular formula is C14H22FNO3S. The van der Waals surface area contributed by atoms with Crippen molar-refractivity contribution < 1.29 is 17.9 Å². The van der Waals surface area contributed by atoms with E-state index in [1.54, 1.807) is 6.92 Å². The average Bonchev–Trinajstić information content (AvgIpc) is 2.43. The molecule has 0 saturated carbocycles. The summed E-state index contributed by atoms with van der Waals surface area (Å²) in [6.07, 6.45) is 0.859. The Kier molecular flexibility index (Phi) is 6.10. The normalized spacial score (nSPS) is 13.7. The zero-order valence-corrected chi connectivity index (χ0v) is 13.0. The van der Waals surface area contributed by atoms with Gasteiger partial charge >= 0.3 is 0 Å². The predicted octanol–water partition coefficient (Wildman–Crippen LogP) is 2.37. The number of sulfonamides is 1. The van der Waals surface area contributed by atoms with Crippen molar-refractivity contribution >= 4 is 10.0 Å². The highest BCUT2D eigenvalue weighted by Gasteiger charge is 2.27. The van der Waals surface area contributed by atoms with E-state index in [4.69, 9.17) is 5.11 Å². The maximum absolute atomic E-state index is 13.9. The first-order valence-electron chi connectivity index (χ1n) is 6.76. The Hall–Kier alpha value is -0.980. The summed E-state index contributed by atoms with van der Waals surface area (Å²) < 4.78 is 40.1. The second-order valence-corrected chi connectivity index (χ2v) is 6.80. The van der Waals surface area contributed by atoms with Gasteiger partial charge in [-0.3, -0.25) is 0 Å². The lowest BCUT2D eigenvalue weighted by Crippen LogP contribution is -2.35. The fourth-order valence-electron chi connectivity index (χ4n) is 1.86. The summed E-state index contributed by atoms with van der Waals surface area (Å²) >= 11 is 0. The molecular weight excluding hydrogens is 281 g/mol. The number of aliphatic hydroxyl groups excluding tert-OH is 1. The predicted molar refractivity (Wildman–Crippen MR) is 76.2 cm³/mol. The molecule has 0 aliphatic heterocycles. The summed E-state index contributed by atoms with van der Waals surface area (Å²) in [5.74, 6) is -0.608. The molecule has 4 nitrogen and oxygen atoms in total. The summed E-state index contributed by atoms with van der Waals surface area (Å²) in [6.45, 7) is 6.04. The molecule has 0 bridgehead atoms. The fourth-order valence-corrected chi connectivity index (χ4v) is 3.48. The fraction of sp³-hybridized carbons (Fsp3) is 0.571. The van der Waals surface area contributed by atoms with E-state index in [2.05, 4.69) is 0 Å². The first-order valence-corrected chi connectivity index (χ1v) is 8.20. The van der Waals surface area contributed by atoms with Crippen molar-refractivity contribution in [2.45, 2.75) is 38.7 Å². The van der Waals surface area contributed by atoms with E-state index in [1.165, 1.54) is 16.4 Å². The van der Waals surface area contributed by atoms with Gasteiger partial charge in [0.15, 0.2) is 0 Å². The number of halogens is 1. The van der Waals surface area contributed by atoms with E-state index in [-0.39, 0.29) is 17.4 Å². The smallest absolute Gasteiger partial charge is 0.245 e. The molecule has 114 valence electrons. The summed E-state index contributed by atoms with van der Waals surface area (Å²) in [4.78, 5) is -0.333. The zero-order valence-electron chi connectivity index (χ0n) is 12.1. The van der Waals surface area contributed by atoms with E-state index in [0.717, 1.165) is 12.5 Å². The topological polar surface area (TPSA) is 57.6 Å². The molecule has 6 heteroatoms. The quantitative estimate of drug-likeness (QED) is 0.841. The van der Waals surface area contributed by atoms with Crippen LogP contribution in [0.25, 0.3) is 0 Å². The van der Waals surface area contributed by atoms with E-state index >= 15 is 0 Å². The van der Waals surface area contributed by atoms with Crippen LogP contribution >= 0.6 is 0 Å². The van der Waals surface area contributed by atoms with Gasteiger partial charge in [-0.05, 0) is 23.6 Å². The highest BCUT2D eigenvalue weighted by molar-refractivity contribution is 7.89. The molecule has 0 spiro atoms. The van der Waals surface area contributed by atoms with Gasteiger partial charge in [-0.2, -0.15) is 4.31 Å². The Morgan fingerprint density at radius 2 is 2.00 bits per heavy atom. The molecule has 1 unspecified atom stereocenters. The van der Waals surface area contributed by atoms with Gasteiger partial charge in [0.2, 0.25) is 10.0 Å². The first kappa shape index (κ1) is 17.1. The van der Waals surface area contributed by atoms with Crippen molar-refractivity contribution in [1.29, 1.82) is 0 Å². The molecule has 1 atom stereocenters. The lowest BCUT2D eigenvalue weighted by atomic mass is 10.1. The monoisotopic (exact) mass is 303 g/mol. The van der Waals surface area contributed by atoms with Crippen molar-refractivity contribution in [1.82, 2.24) is 4.31 Å². The molecule has 1 N–H and O–H groups in total. The van der Waals surface area contributed by atoms with E-state index in [0.29, 0.717) is 18.7 Å². The summed E-state index contributed by atoms with van der Waals surface area (Å²) in [5.41, 5.74) is 0.353. The van der Waals surface area contributed by atoms with Crippen molar-refractivity contribution in [2.24, 2.45) is 5.92 Å². The van der Waals surface area contributed by atoms with Crippen molar-refractivity contribution in [3.8, 4) is 0 Å². The van der Waals surface area contributed by atoms with Gasteiger partial charge in [0, 0.05) is 13.1 Å². The molecule has 0 aromatic heterocycles. The van der Waals surface area contributed by atoms with Crippen LogP contribution in [0.15, 0.2) is 23.1 Å².